The van der Waals surface area contributed by atoms with Gasteiger partial charge in [-0.05, 0) is 30.6 Å². The third kappa shape index (κ3) is 6.53. The first-order valence-electron chi connectivity index (χ1n) is 8.31. The number of nitrogens with zero attached hydrogens (tertiary/aromatic N) is 1. The van der Waals surface area contributed by atoms with Crippen molar-refractivity contribution in [2.24, 2.45) is 5.73 Å². The fraction of sp³-hybridized carbons (Fsp3) is 0.667. The molecule has 0 fully saturated rings. The van der Waals surface area contributed by atoms with Crippen molar-refractivity contribution in [3.8, 4) is 0 Å². The van der Waals surface area contributed by atoms with E-state index in [1.807, 2.05) is 0 Å². The highest BCUT2D eigenvalue weighted by Gasteiger charge is 2.06. The minimum absolute atomic E-state index is 0.644. The molecule has 0 aliphatic carbocycles. The van der Waals surface area contributed by atoms with Crippen molar-refractivity contribution in [1.82, 2.24) is 4.90 Å². The van der Waals surface area contributed by atoms with E-state index in [0.717, 1.165) is 13.1 Å². The highest BCUT2D eigenvalue weighted by Crippen LogP contribution is 2.12. The summed E-state index contributed by atoms with van der Waals surface area (Å²) in [7, 11) is 0. The monoisotopic (exact) mass is 276 g/mol. The lowest BCUT2D eigenvalue weighted by Crippen LogP contribution is -2.25. The first kappa shape index (κ1) is 17.2. The van der Waals surface area contributed by atoms with Gasteiger partial charge in [0, 0.05) is 13.1 Å². The summed E-state index contributed by atoms with van der Waals surface area (Å²) in [6.07, 6.45) is 8.21. The summed E-state index contributed by atoms with van der Waals surface area (Å²) >= 11 is 0. The lowest BCUT2D eigenvalue weighted by atomic mass is 10.1. The van der Waals surface area contributed by atoms with E-state index in [1.165, 1.54) is 56.2 Å². The summed E-state index contributed by atoms with van der Waals surface area (Å²) in [6.45, 7) is 8.54. The zero-order valence-electron chi connectivity index (χ0n) is 13.4. The normalized spacial score (nSPS) is 11.2. The molecule has 114 valence electrons. The summed E-state index contributed by atoms with van der Waals surface area (Å²) < 4.78 is 0. The molecule has 0 saturated carbocycles. The van der Waals surface area contributed by atoms with Crippen LogP contribution in [0.1, 0.15) is 63.5 Å². The van der Waals surface area contributed by atoms with Gasteiger partial charge in [0.25, 0.3) is 0 Å². The quantitative estimate of drug-likeness (QED) is 0.610. The molecule has 0 radical (unpaired) electrons. The summed E-state index contributed by atoms with van der Waals surface area (Å²) in [5.74, 6) is 0. The van der Waals surface area contributed by atoms with Gasteiger partial charge in [-0.15, -0.1) is 0 Å². The fourth-order valence-corrected chi connectivity index (χ4v) is 2.62. The summed E-state index contributed by atoms with van der Waals surface area (Å²) in [4.78, 5) is 2.54. The molecule has 1 aromatic carbocycles. The second-order valence-electron chi connectivity index (χ2n) is 5.61. The van der Waals surface area contributed by atoms with Crippen LogP contribution in [0, 0.1) is 0 Å². The Labute approximate surface area is 125 Å². The lowest BCUT2D eigenvalue weighted by molar-refractivity contribution is 0.271. The summed E-state index contributed by atoms with van der Waals surface area (Å²) in [5.41, 5.74) is 8.49. The van der Waals surface area contributed by atoms with Crippen molar-refractivity contribution in [2.45, 2.75) is 65.5 Å². The van der Waals surface area contributed by atoms with E-state index in [1.54, 1.807) is 0 Å². The van der Waals surface area contributed by atoms with Crippen molar-refractivity contribution in [2.75, 3.05) is 13.1 Å². The van der Waals surface area contributed by atoms with Gasteiger partial charge in [0.1, 0.15) is 0 Å². The van der Waals surface area contributed by atoms with Crippen LogP contribution in [-0.4, -0.2) is 18.0 Å². The maximum atomic E-state index is 5.82. The standard InChI is InChI=1S/C18H32N2/c1-3-5-6-7-8-11-14-20(4-2)16-18-13-10-9-12-17(18)15-19/h9-10,12-13H,3-8,11,14-16,19H2,1-2H3. The van der Waals surface area contributed by atoms with E-state index in [-0.39, 0.29) is 0 Å². The molecule has 0 aliphatic rings. The van der Waals surface area contributed by atoms with Crippen LogP contribution in [0.5, 0.6) is 0 Å². The molecular formula is C18H32N2. The van der Waals surface area contributed by atoms with Gasteiger partial charge in [0.15, 0.2) is 0 Å². The molecule has 0 atom stereocenters. The fourth-order valence-electron chi connectivity index (χ4n) is 2.62. The van der Waals surface area contributed by atoms with Crippen molar-refractivity contribution >= 4 is 0 Å². The second kappa shape index (κ2) is 10.9. The predicted molar refractivity (Wildman–Crippen MR) is 88.7 cm³/mol. The van der Waals surface area contributed by atoms with E-state index in [4.69, 9.17) is 5.73 Å². The van der Waals surface area contributed by atoms with Gasteiger partial charge in [-0.2, -0.15) is 0 Å². The van der Waals surface area contributed by atoms with E-state index in [0.29, 0.717) is 6.54 Å². The Morgan fingerprint density at radius 2 is 1.55 bits per heavy atom. The van der Waals surface area contributed by atoms with Crippen LogP contribution < -0.4 is 5.73 Å². The predicted octanol–water partition coefficient (Wildman–Crippen LogP) is 4.33. The Kier molecular flexibility index (Phi) is 9.35. The van der Waals surface area contributed by atoms with Crippen molar-refractivity contribution in [3.05, 3.63) is 35.4 Å². The van der Waals surface area contributed by atoms with Crippen molar-refractivity contribution in [3.63, 3.8) is 0 Å². The van der Waals surface area contributed by atoms with E-state index >= 15 is 0 Å². The van der Waals surface area contributed by atoms with Gasteiger partial charge in [-0.25, -0.2) is 0 Å². The number of nitrogens with two attached hydrogens (primary N) is 1. The van der Waals surface area contributed by atoms with Gasteiger partial charge in [0.2, 0.25) is 0 Å². The molecule has 1 rings (SSSR count). The molecule has 0 spiro atoms. The topological polar surface area (TPSA) is 29.3 Å². The average molecular weight is 276 g/mol. The van der Waals surface area contributed by atoms with Crippen LogP contribution in [0.4, 0.5) is 0 Å². The van der Waals surface area contributed by atoms with Crippen molar-refractivity contribution < 1.29 is 0 Å². The van der Waals surface area contributed by atoms with E-state index in [9.17, 15) is 0 Å². The Morgan fingerprint density at radius 3 is 2.20 bits per heavy atom. The first-order valence-corrected chi connectivity index (χ1v) is 8.31. The number of hydrogen-bond donors (Lipinski definition) is 1. The highest BCUT2D eigenvalue weighted by molar-refractivity contribution is 5.26. The Balaban J connectivity index is 2.31. The maximum absolute atomic E-state index is 5.82. The largest absolute Gasteiger partial charge is 0.326 e. The third-order valence-electron chi connectivity index (χ3n) is 4.01. The number of unbranched alkanes of at least 4 members (excludes halogenated alkanes) is 5. The Morgan fingerprint density at radius 1 is 0.900 bits per heavy atom. The van der Waals surface area contributed by atoms with Gasteiger partial charge >= 0.3 is 0 Å². The van der Waals surface area contributed by atoms with E-state index in [2.05, 4.69) is 43.0 Å². The molecule has 0 unspecified atom stereocenters. The average Bonchev–Trinajstić information content (AvgIpc) is 2.50. The van der Waals surface area contributed by atoms with Crippen LogP contribution in [-0.2, 0) is 13.1 Å². The van der Waals surface area contributed by atoms with Crippen LogP contribution in [0.2, 0.25) is 0 Å². The maximum Gasteiger partial charge on any atom is 0.0236 e. The van der Waals surface area contributed by atoms with Crippen molar-refractivity contribution in [1.29, 1.82) is 0 Å². The molecule has 0 bridgehead atoms. The minimum Gasteiger partial charge on any atom is -0.326 e. The molecule has 0 aliphatic heterocycles. The molecule has 2 N–H and O–H groups in total. The molecule has 0 aromatic heterocycles. The van der Waals surface area contributed by atoms with E-state index < -0.39 is 0 Å². The number of rotatable bonds is 11. The zero-order valence-corrected chi connectivity index (χ0v) is 13.4. The second-order valence-corrected chi connectivity index (χ2v) is 5.61. The molecule has 0 amide bonds. The molecule has 20 heavy (non-hydrogen) atoms. The van der Waals surface area contributed by atoms with Crippen LogP contribution in [0.3, 0.4) is 0 Å². The minimum atomic E-state index is 0.644. The molecular weight excluding hydrogens is 244 g/mol. The smallest absolute Gasteiger partial charge is 0.0236 e. The molecule has 2 nitrogen and oxygen atoms in total. The molecule has 0 heterocycles. The third-order valence-corrected chi connectivity index (χ3v) is 4.01. The summed E-state index contributed by atoms with van der Waals surface area (Å²) in [5, 5.41) is 0. The van der Waals surface area contributed by atoms with Crippen LogP contribution in [0.15, 0.2) is 24.3 Å². The summed E-state index contributed by atoms with van der Waals surface area (Å²) in [6, 6.07) is 8.56. The SMILES string of the molecule is CCCCCCCCN(CC)Cc1ccccc1CN. The van der Waals surface area contributed by atoms with Gasteiger partial charge in [0.05, 0.1) is 0 Å². The van der Waals surface area contributed by atoms with Gasteiger partial charge < -0.3 is 5.73 Å². The number of benzene rings is 1. The zero-order chi connectivity index (χ0) is 14.6. The molecule has 0 saturated heterocycles. The molecule has 1 aromatic rings. The number of hydrogen-bond acceptors (Lipinski definition) is 2. The molecule has 2 heteroatoms. The van der Waals surface area contributed by atoms with Gasteiger partial charge in [-0.3, -0.25) is 4.90 Å². The highest BCUT2D eigenvalue weighted by atomic mass is 15.1. The Hall–Kier alpha value is -0.860. The van der Waals surface area contributed by atoms with Crippen LogP contribution in [0.25, 0.3) is 0 Å². The van der Waals surface area contributed by atoms with Gasteiger partial charge in [-0.1, -0.05) is 70.2 Å². The lowest BCUT2D eigenvalue weighted by Gasteiger charge is -2.21. The Bertz CT molecular complexity index is 349. The first-order chi connectivity index (χ1) is 9.81. The van der Waals surface area contributed by atoms with Crippen LogP contribution >= 0.6 is 0 Å².